The van der Waals surface area contributed by atoms with Gasteiger partial charge in [-0.25, -0.2) is 12.8 Å². The number of ether oxygens (including phenoxy) is 2. The highest BCUT2D eigenvalue weighted by Gasteiger charge is 2.19. The summed E-state index contributed by atoms with van der Waals surface area (Å²) in [5.41, 5.74) is 1.55. The van der Waals surface area contributed by atoms with Crippen molar-refractivity contribution >= 4 is 33.4 Å². The zero-order chi connectivity index (χ0) is 24.0. The number of benzene rings is 3. The van der Waals surface area contributed by atoms with Crippen LogP contribution in [-0.4, -0.2) is 28.5 Å². The van der Waals surface area contributed by atoms with Crippen LogP contribution in [0.25, 0.3) is 6.08 Å². The highest BCUT2D eigenvalue weighted by Crippen LogP contribution is 2.28. The number of anilines is 2. The van der Waals surface area contributed by atoms with Crippen LogP contribution >= 0.6 is 0 Å². The third kappa shape index (κ3) is 5.89. The second kappa shape index (κ2) is 10.2. The van der Waals surface area contributed by atoms with Crippen molar-refractivity contribution in [3.05, 3.63) is 83.7 Å². The summed E-state index contributed by atoms with van der Waals surface area (Å²) in [4.78, 5) is 12.3. The highest BCUT2D eigenvalue weighted by molar-refractivity contribution is 7.92. The van der Waals surface area contributed by atoms with Gasteiger partial charge >= 0.3 is 0 Å². The molecule has 0 atom stereocenters. The number of carbonyl (C=O) groups is 1. The van der Waals surface area contributed by atoms with E-state index in [4.69, 9.17) is 9.47 Å². The van der Waals surface area contributed by atoms with Crippen molar-refractivity contribution in [1.82, 2.24) is 0 Å². The monoisotopic (exact) mass is 470 g/mol. The van der Waals surface area contributed by atoms with Gasteiger partial charge in [-0.1, -0.05) is 24.3 Å². The number of hydrogen-bond acceptors (Lipinski definition) is 5. The van der Waals surface area contributed by atoms with Gasteiger partial charge in [0.05, 0.1) is 24.8 Å². The molecule has 33 heavy (non-hydrogen) atoms. The van der Waals surface area contributed by atoms with E-state index in [-0.39, 0.29) is 16.3 Å². The van der Waals surface area contributed by atoms with E-state index in [1.165, 1.54) is 44.6 Å². The Labute approximate surface area is 191 Å². The van der Waals surface area contributed by atoms with Crippen LogP contribution in [0, 0.1) is 12.7 Å². The molecule has 9 heteroatoms. The summed E-state index contributed by atoms with van der Waals surface area (Å²) in [6, 6.07) is 15.5. The SMILES string of the molecule is COc1ccc(/C=C/C(=O)Nc2ccc(C)c(S(=O)(=O)Nc3ccccc3OC)c2)cc1F. The molecule has 3 rings (SSSR count). The largest absolute Gasteiger partial charge is 0.495 e. The van der Waals surface area contributed by atoms with Gasteiger partial charge in [0.2, 0.25) is 5.91 Å². The van der Waals surface area contributed by atoms with Crippen LogP contribution in [0.2, 0.25) is 0 Å². The lowest BCUT2D eigenvalue weighted by Crippen LogP contribution is -2.16. The molecule has 2 N–H and O–H groups in total. The predicted molar refractivity (Wildman–Crippen MR) is 126 cm³/mol. The number of amides is 1. The zero-order valence-corrected chi connectivity index (χ0v) is 19.1. The van der Waals surface area contributed by atoms with Crippen LogP contribution in [0.3, 0.4) is 0 Å². The molecule has 3 aromatic carbocycles. The number of carbonyl (C=O) groups excluding carboxylic acids is 1. The topological polar surface area (TPSA) is 93.7 Å². The van der Waals surface area contributed by atoms with Crippen LogP contribution < -0.4 is 19.5 Å². The molecule has 0 heterocycles. The quantitative estimate of drug-likeness (QED) is 0.469. The normalized spacial score (nSPS) is 11.3. The lowest BCUT2D eigenvalue weighted by atomic mass is 10.2. The molecule has 0 aliphatic heterocycles. The lowest BCUT2D eigenvalue weighted by molar-refractivity contribution is -0.111. The maximum Gasteiger partial charge on any atom is 0.262 e. The standard InChI is InChI=1S/C24H23FN2O5S/c1-16-8-11-18(26-24(28)13-10-17-9-12-21(31-2)19(25)14-17)15-23(16)33(29,30)27-20-6-4-5-7-22(20)32-3/h4-15,27H,1-3H3,(H,26,28)/b13-10+. The van der Waals surface area contributed by atoms with Crippen LogP contribution in [0.4, 0.5) is 15.8 Å². The summed E-state index contributed by atoms with van der Waals surface area (Å²) in [5.74, 6) is -0.567. The Balaban J connectivity index is 1.78. The minimum atomic E-state index is -3.95. The van der Waals surface area contributed by atoms with E-state index in [1.807, 2.05) is 0 Å². The Hall–Kier alpha value is -3.85. The maximum absolute atomic E-state index is 13.8. The number of sulfonamides is 1. The Morgan fingerprint density at radius 2 is 1.70 bits per heavy atom. The van der Waals surface area contributed by atoms with Crippen molar-refractivity contribution in [3.63, 3.8) is 0 Å². The Bertz CT molecular complexity index is 1310. The third-order valence-corrected chi connectivity index (χ3v) is 6.21. The highest BCUT2D eigenvalue weighted by atomic mass is 32.2. The van der Waals surface area contributed by atoms with Crippen molar-refractivity contribution in [2.75, 3.05) is 24.3 Å². The Kier molecular flexibility index (Phi) is 7.34. The second-order valence-corrected chi connectivity index (χ2v) is 8.65. The van der Waals surface area contributed by atoms with Gasteiger partial charge in [0.25, 0.3) is 10.0 Å². The van der Waals surface area contributed by atoms with Gasteiger partial charge in [0.1, 0.15) is 5.75 Å². The average Bonchev–Trinajstić information content (AvgIpc) is 2.79. The number of hydrogen-bond donors (Lipinski definition) is 2. The maximum atomic E-state index is 13.8. The van der Waals surface area contributed by atoms with E-state index in [9.17, 15) is 17.6 Å². The van der Waals surface area contributed by atoms with E-state index in [1.54, 1.807) is 49.4 Å². The molecular weight excluding hydrogens is 447 g/mol. The molecule has 0 saturated heterocycles. The van der Waals surface area contributed by atoms with Gasteiger partial charge in [-0.3, -0.25) is 9.52 Å². The third-order valence-electron chi connectivity index (χ3n) is 4.70. The second-order valence-electron chi connectivity index (χ2n) is 7.00. The molecule has 0 bridgehead atoms. The summed E-state index contributed by atoms with van der Waals surface area (Å²) in [6.07, 6.45) is 2.66. The molecule has 1 amide bonds. The van der Waals surface area contributed by atoms with Crippen LogP contribution in [0.15, 0.2) is 71.6 Å². The first-order chi connectivity index (χ1) is 15.7. The van der Waals surface area contributed by atoms with Crippen LogP contribution in [0.5, 0.6) is 11.5 Å². The fraction of sp³-hybridized carbons (Fsp3) is 0.125. The minimum absolute atomic E-state index is 0.00686. The van der Waals surface area contributed by atoms with E-state index in [0.29, 0.717) is 22.6 Å². The minimum Gasteiger partial charge on any atom is -0.495 e. The number of nitrogens with one attached hydrogen (secondary N) is 2. The van der Waals surface area contributed by atoms with Gasteiger partial charge in [-0.05, 0) is 60.5 Å². The molecule has 0 saturated carbocycles. The smallest absolute Gasteiger partial charge is 0.262 e. The lowest BCUT2D eigenvalue weighted by Gasteiger charge is -2.14. The number of para-hydroxylation sites is 2. The van der Waals surface area contributed by atoms with Crippen molar-refractivity contribution in [2.45, 2.75) is 11.8 Å². The van der Waals surface area contributed by atoms with Crippen LogP contribution in [0.1, 0.15) is 11.1 Å². The Morgan fingerprint density at radius 1 is 0.970 bits per heavy atom. The van der Waals surface area contributed by atoms with E-state index >= 15 is 0 Å². The average molecular weight is 471 g/mol. The number of methoxy groups -OCH3 is 2. The summed E-state index contributed by atoms with van der Waals surface area (Å²) < 4.78 is 52.3. The van der Waals surface area contributed by atoms with Crippen molar-refractivity contribution in [3.8, 4) is 11.5 Å². The van der Waals surface area contributed by atoms with Crippen molar-refractivity contribution < 1.29 is 27.1 Å². The molecule has 0 fully saturated rings. The predicted octanol–water partition coefficient (Wildman–Crippen LogP) is 4.60. The van der Waals surface area contributed by atoms with E-state index < -0.39 is 21.7 Å². The molecule has 0 aliphatic rings. The fourth-order valence-corrected chi connectivity index (χ4v) is 4.38. The first kappa shape index (κ1) is 23.8. The van der Waals surface area contributed by atoms with E-state index in [0.717, 1.165) is 0 Å². The van der Waals surface area contributed by atoms with Crippen molar-refractivity contribution in [2.24, 2.45) is 0 Å². The number of rotatable bonds is 8. The van der Waals surface area contributed by atoms with Crippen molar-refractivity contribution in [1.29, 1.82) is 0 Å². The Morgan fingerprint density at radius 3 is 2.39 bits per heavy atom. The van der Waals surface area contributed by atoms with Gasteiger partial charge in [0.15, 0.2) is 11.6 Å². The van der Waals surface area contributed by atoms with Gasteiger partial charge in [-0.2, -0.15) is 0 Å². The molecule has 0 radical (unpaired) electrons. The molecule has 0 spiro atoms. The molecule has 0 aromatic heterocycles. The summed E-state index contributed by atoms with van der Waals surface area (Å²) in [5, 5.41) is 2.61. The first-order valence-electron chi connectivity index (χ1n) is 9.82. The molecule has 0 aliphatic carbocycles. The number of aryl methyl sites for hydroxylation is 1. The zero-order valence-electron chi connectivity index (χ0n) is 18.3. The summed E-state index contributed by atoms with van der Waals surface area (Å²) in [7, 11) is -1.14. The molecule has 3 aromatic rings. The molecular formula is C24H23FN2O5S. The first-order valence-corrected chi connectivity index (χ1v) is 11.3. The van der Waals surface area contributed by atoms with Gasteiger partial charge < -0.3 is 14.8 Å². The summed E-state index contributed by atoms with van der Waals surface area (Å²) in [6.45, 7) is 1.65. The molecule has 7 nitrogen and oxygen atoms in total. The van der Waals surface area contributed by atoms with Gasteiger partial charge in [-0.15, -0.1) is 0 Å². The van der Waals surface area contributed by atoms with Gasteiger partial charge in [0, 0.05) is 11.8 Å². The number of halogens is 1. The van der Waals surface area contributed by atoms with E-state index in [2.05, 4.69) is 10.0 Å². The molecule has 0 unspecified atom stereocenters. The summed E-state index contributed by atoms with van der Waals surface area (Å²) >= 11 is 0. The molecule has 172 valence electrons. The van der Waals surface area contributed by atoms with Crippen LogP contribution in [-0.2, 0) is 14.8 Å². The fourth-order valence-electron chi connectivity index (χ4n) is 3.04.